The number of fused-ring (bicyclic) bond motifs is 7. The normalized spacial score (nSPS) is 18.5. The van der Waals surface area contributed by atoms with E-state index in [1.165, 1.54) is 9.13 Å². The van der Waals surface area contributed by atoms with Gasteiger partial charge in [-0.3, -0.25) is 9.13 Å². The SMILES string of the molecule is [2H]C([2H])([2H])n1c2[n+](c3c1c1ncccc1n3C([2H])([2H])[2H])Cc1ccccc1-2. The number of hydrogen-bond donors (Lipinski definition) is 0. The second-order valence-corrected chi connectivity index (χ2v) is 5.28. The van der Waals surface area contributed by atoms with Gasteiger partial charge in [-0.05, 0) is 18.2 Å². The highest BCUT2D eigenvalue weighted by Crippen LogP contribution is 2.33. The summed E-state index contributed by atoms with van der Waals surface area (Å²) in [4.78, 5) is 4.33. The molecule has 4 heterocycles. The number of imidazole rings is 1. The van der Waals surface area contributed by atoms with Crippen LogP contribution in [0.2, 0.25) is 0 Å². The van der Waals surface area contributed by atoms with Crippen LogP contribution in [0.15, 0.2) is 42.6 Å². The Bertz CT molecular complexity index is 1230. The zero-order valence-electron chi connectivity index (χ0n) is 17.0. The Morgan fingerprint density at radius 2 is 2.05 bits per heavy atom. The first-order valence-corrected chi connectivity index (χ1v) is 6.72. The third-order valence-electron chi connectivity index (χ3n) is 4.21. The molecule has 102 valence electrons. The fourth-order valence-electron chi connectivity index (χ4n) is 3.33. The lowest BCUT2D eigenvalue weighted by atomic mass is 10.1. The van der Waals surface area contributed by atoms with E-state index in [0.29, 0.717) is 34.6 Å². The number of rotatable bonds is 0. The van der Waals surface area contributed by atoms with Gasteiger partial charge in [0.25, 0.3) is 5.65 Å². The second kappa shape index (κ2) is 3.52. The van der Waals surface area contributed by atoms with Gasteiger partial charge in [-0.25, -0.2) is 9.55 Å². The van der Waals surface area contributed by atoms with Crippen LogP contribution in [0.5, 0.6) is 0 Å². The van der Waals surface area contributed by atoms with E-state index in [9.17, 15) is 0 Å². The van der Waals surface area contributed by atoms with Crippen molar-refractivity contribution in [2.75, 3.05) is 0 Å². The van der Waals surface area contributed by atoms with Crippen molar-refractivity contribution in [2.24, 2.45) is 14.0 Å². The Morgan fingerprint density at radius 1 is 1.14 bits per heavy atom. The van der Waals surface area contributed by atoms with Crippen molar-refractivity contribution in [3.05, 3.63) is 48.2 Å². The van der Waals surface area contributed by atoms with Crippen molar-refractivity contribution in [1.29, 1.82) is 0 Å². The Kier molecular flexibility index (Phi) is 1.16. The Morgan fingerprint density at radius 3 is 2.95 bits per heavy atom. The summed E-state index contributed by atoms with van der Waals surface area (Å²) in [5.74, 6) is 0.487. The van der Waals surface area contributed by atoms with Crippen molar-refractivity contribution in [2.45, 2.75) is 6.54 Å². The lowest BCUT2D eigenvalue weighted by Crippen LogP contribution is -2.33. The van der Waals surface area contributed by atoms with Gasteiger partial charge in [0.05, 0.1) is 34.3 Å². The predicted molar refractivity (Wildman–Crippen MR) is 81.9 cm³/mol. The molecule has 4 nitrogen and oxygen atoms in total. The molecule has 0 atom stereocenters. The number of benzene rings is 1. The summed E-state index contributed by atoms with van der Waals surface area (Å²) in [6, 6.07) is 10.9. The average Bonchev–Trinajstić information content (AvgIpc) is 3.19. The summed E-state index contributed by atoms with van der Waals surface area (Å²) in [6.07, 6.45) is 1.55. The largest absolute Gasteiger partial charge is 0.271 e. The van der Waals surface area contributed by atoms with E-state index >= 15 is 0 Å². The van der Waals surface area contributed by atoms with Gasteiger partial charge in [0.2, 0.25) is 11.3 Å². The highest BCUT2D eigenvalue weighted by molar-refractivity contribution is 6.02. The van der Waals surface area contributed by atoms with E-state index in [-0.39, 0.29) is 0 Å². The van der Waals surface area contributed by atoms with E-state index in [1.54, 1.807) is 22.9 Å². The lowest BCUT2D eigenvalue weighted by molar-refractivity contribution is -0.648. The van der Waals surface area contributed by atoms with Crippen LogP contribution in [0, 0.1) is 0 Å². The molecule has 0 saturated carbocycles. The molecule has 0 spiro atoms. The van der Waals surface area contributed by atoms with Gasteiger partial charge in [0.1, 0.15) is 11.0 Å². The van der Waals surface area contributed by atoms with Crippen molar-refractivity contribution in [3.8, 4) is 11.4 Å². The number of hydrogen-bond acceptors (Lipinski definition) is 1. The summed E-state index contributed by atoms with van der Waals surface area (Å²) < 4.78 is 52.8. The minimum atomic E-state index is -2.48. The van der Waals surface area contributed by atoms with Crippen LogP contribution >= 0.6 is 0 Å². The van der Waals surface area contributed by atoms with Gasteiger partial charge < -0.3 is 0 Å². The Hall–Kier alpha value is -2.62. The van der Waals surface area contributed by atoms with Gasteiger partial charge >= 0.3 is 0 Å². The van der Waals surface area contributed by atoms with Crippen LogP contribution < -0.4 is 4.57 Å². The van der Waals surface area contributed by atoms with E-state index in [2.05, 4.69) is 4.98 Å². The van der Waals surface area contributed by atoms with E-state index in [1.807, 2.05) is 24.3 Å². The van der Waals surface area contributed by atoms with E-state index in [0.717, 1.165) is 11.1 Å². The third kappa shape index (κ3) is 1.17. The summed E-state index contributed by atoms with van der Waals surface area (Å²) >= 11 is 0. The van der Waals surface area contributed by atoms with E-state index in [4.69, 9.17) is 8.22 Å². The smallest absolute Gasteiger partial charge is 0.257 e. The third-order valence-corrected chi connectivity index (χ3v) is 4.21. The summed E-state index contributed by atoms with van der Waals surface area (Å²) in [5.41, 5.74) is 3.21. The van der Waals surface area contributed by atoms with Crippen LogP contribution in [0.1, 0.15) is 13.8 Å². The summed E-state index contributed by atoms with van der Waals surface area (Å²) in [6.45, 7) is -4.54. The molecule has 0 N–H and O–H groups in total. The zero-order valence-corrected chi connectivity index (χ0v) is 11.0. The number of nitrogens with zero attached hydrogens (tertiary/aromatic N) is 4. The minimum absolute atomic E-state index is 0.325. The molecule has 1 aromatic carbocycles. The molecule has 4 aromatic rings. The predicted octanol–water partition coefficient (Wildman–Crippen LogP) is 2.38. The highest BCUT2D eigenvalue weighted by atomic mass is 15.2. The second-order valence-electron chi connectivity index (χ2n) is 5.28. The number of aryl methyl sites for hydroxylation is 2. The van der Waals surface area contributed by atoms with Crippen molar-refractivity contribution >= 4 is 22.2 Å². The lowest BCUT2D eigenvalue weighted by Gasteiger charge is -1.97. The molecule has 0 fully saturated rings. The zero-order chi connectivity index (χ0) is 19.1. The molecule has 1 aliphatic heterocycles. The molecule has 4 heteroatoms. The van der Waals surface area contributed by atoms with Crippen molar-refractivity contribution in [1.82, 2.24) is 14.1 Å². The van der Waals surface area contributed by atoms with Crippen LogP contribution in [0.25, 0.3) is 33.6 Å². The molecule has 21 heavy (non-hydrogen) atoms. The molecule has 0 bridgehead atoms. The van der Waals surface area contributed by atoms with Crippen molar-refractivity contribution < 1.29 is 12.8 Å². The van der Waals surface area contributed by atoms with Crippen LogP contribution in [0.3, 0.4) is 0 Å². The first-order chi connectivity index (χ1) is 12.7. The molecule has 0 saturated heterocycles. The maximum atomic E-state index is 8.13. The van der Waals surface area contributed by atoms with Gasteiger partial charge in [0.15, 0.2) is 0 Å². The topological polar surface area (TPSA) is 26.6 Å². The van der Waals surface area contributed by atoms with Crippen LogP contribution in [-0.4, -0.2) is 14.1 Å². The number of aromatic nitrogens is 4. The maximum Gasteiger partial charge on any atom is 0.271 e. The first kappa shape index (κ1) is 6.89. The molecule has 0 unspecified atom stereocenters. The summed E-state index contributed by atoms with van der Waals surface area (Å²) in [7, 11) is 0. The van der Waals surface area contributed by atoms with Gasteiger partial charge in [-0.2, -0.15) is 0 Å². The molecule has 5 rings (SSSR count). The first-order valence-electron chi connectivity index (χ1n) is 9.72. The molecular weight excluding hydrogens is 260 g/mol. The standard InChI is InChI=1S/C17H15N4/c1-19-13-8-5-9-18-14(13)15-17(19)21-10-11-6-3-4-7-12(11)16(21)20(15)2/h3-9H,10H2,1-2H3/q+1/i1D3,2D3. The van der Waals surface area contributed by atoms with Gasteiger partial charge in [0, 0.05) is 11.8 Å². The van der Waals surface area contributed by atoms with Crippen molar-refractivity contribution in [3.63, 3.8) is 0 Å². The molecule has 0 amide bonds. The molecule has 0 aliphatic carbocycles. The summed E-state index contributed by atoms with van der Waals surface area (Å²) in [5, 5.41) is 0. The van der Waals surface area contributed by atoms with E-state index < -0.39 is 14.0 Å². The molecule has 1 aliphatic rings. The van der Waals surface area contributed by atoms with Crippen LogP contribution in [-0.2, 0) is 20.5 Å². The van der Waals surface area contributed by atoms with Crippen LogP contribution in [0.4, 0.5) is 0 Å². The fourth-order valence-corrected chi connectivity index (χ4v) is 3.33. The Balaban J connectivity index is 2.07. The fraction of sp³-hybridized carbons (Fsp3) is 0.176. The molecule has 0 radical (unpaired) electrons. The monoisotopic (exact) mass is 281 g/mol. The molecule has 3 aromatic heterocycles. The maximum absolute atomic E-state index is 8.13. The Labute approximate surface area is 130 Å². The number of pyridine rings is 1. The van der Waals surface area contributed by atoms with Gasteiger partial charge in [-0.1, -0.05) is 18.2 Å². The average molecular weight is 281 g/mol. The highest BCUT2D eigenvalue weighted by Gasteiger charge is 2.34. The quantitative estimate of drug-likeness (QED) is 0.400. The minimum Gasteiger partial charge on any atom is -0.257 e. The molecular formula is C17H15N4+. The van der Waals surface area contributed by atoms with Gasteiger partial charge in [-0.15, -0.1) is 0 Å².